The maximum Gasteiger partial charge on any atom is 0.161 e. The van der Waals surface area contributed by atoms with Crippen LogP contribution in [0.25, 0.3) is 0 Å². The molecule has 0 aliphatic heterocycles. The van der Waals surface area contributed by atoms with E-state index in [1.54, 1.807) is 14.2 Å². The van der Waals surface area contributed by atoms with Gasteiger partial charge in [-0.1, -0.05) is 35.9 Å². The molecule has 0 saturated carbocycles. The summed E-state index contributed by atoms with van der Waals surface area (Å²) in [7, 11) is 3.26. The third kappa shape index (κ3) is 4.01. The van der Waals surface area contributed by atoms with Gasteiger partial charge in [0.15, 0.2) is 11.5 Å². The Kier molecular flexibility index (Phi) is 5.42. The maximum absolute atomic E-state index is 5.30. The lowest BCUT2D eigenvalue weighted by atomic mass is 10.1. The monoisotopic (exact) mass is 298 g/mol. The molecular weight excluding hydrogens is 276 g/mol. The van der Waals surface area contributed by atoms with E-state index in [1.165, 1.54) is 5.56 Å². The Hall–Kier alpha value is -2.49. The lowest BCUT2D eigenvalue weighted by molar-refractivity contribution is 0.354. The van der Waals surface area contributed by atoms with Gasteiger partial charge in [0.25, 0.3) is 0 Å². The van der Waals surface area contributed by atoms with Crippen molar-refractivity contribution in [2.24, 2.45) is 5.10 Å². The fourth-order valence-corrected chi connectivity index (χ4v) is 2.10. The van der Waals surface area contributed by atoms with E-state index in [4.69, 9.17) is 9.47 Å². The van der Waals surface area contributed by atoms with E-state index in [1.807, 2.05) is 25.1 Å². The van der Waals surface area contributed by atoms with Crippen molar-refractivity contribution in [1.29, 1.82) is 0 Å². The van der Waals surface area contributed by atoms with Crippen LogP contribution >= 0.6 is 0 Å². The second-order valence-electron chi connectivity index (χ2n) is 5.09. The SMILES string of the molecule is COc1ccc(CN/N=C(\C)c2ccc(C)cc2)cc1OC. The quantitative estimate of drug-likeness (QED) is 0.655. The summed E-state index contributed by atoms with van der Waals surface area (Å²) in [6.45, 7) is 4.70. The number of nitrogens with zero attached hydrogens (tertiary/aromatic N) is 1. The Bertz CT molecular complexity index is 649. The van der Waals surface area contributed by atoms with Gasteiger partial charge in [-0.15, -0.1) is 0 Å². The van der Waals surface area contributed by atoms with E-state index >= 15 is 0 Å². The molecule has 4 heteroatoms. The van der Waals surface area contributed by atoms with Crippen LogP contribution in [0.5, 0.6) is 11.5 Å². The van der Waals surface area contributed by atoms with Crippen molar-refractivity contribution in [3.8, 4) is 11.5 Å². The van der Waals surface area contributed by atoms with E-state index < -0.39 is 0 Å². The number of ether oxygens (including phenoxy) is 2. The number of hydrogen-bond acceptors (Lipinski definition) is 4. The highest BCUT2D eigenvalue weighted by Crippen LogP contribution is 2.27. The summed E-state index contributed by atoms with van der Waals surface area (Å²) < 4.78 is 10.5. The predicted molar refractivity (Wildman–Crippen MR) is 89.8 cm³/mol. The highest BCUT2D eigenvalue weighted by Gasteiger charge is 2.04. The molecule has 0 amide bonds. The molecule has 0 saturated heterocycles. The molecule has 0 heterocycles. The second-order valence-corrected chi connectivity index (χ2v) is 5.09. The van der Waals surface area contributed by atoms with E-state index in [9.17, 15) is 0 Å². The minimum absolute atomic E-state index is 0.629. The first-order valence-electron chi connectivity index (χ1n) is 7.19. The second kappa shape index (κ2) is 7.50. The molecule has 4 nitrogen and oxygen atoms in total. The van der Waals surface area contributed by atoms with Gasteiger partial charge in [-0.05, 0) is 37.1 Å². The molecule has 22 heavy (non-hydrogen) atoms. The first-order chi connectivity index (χ1) is 10.6. The summed E-state index contributed by atoms with van der Waals surface area (Å²) in [6, 6.07) is 14.2. The van der Waals surface area contributed by atoms with Crippen LogP contribution in [0.1, 0.15) is 23.6 Å². The van der Waals surface area contributed by atoms with Gasteiger partial charge in [0.1, 0.15) is 0 Å². The predicted octanol–water partition coefficient (Wildman–Crippen LogP) is 3.53. The van der Waals surface area contributed by atoms with Crippen molar-refractivity contribution < 1.29 is 9.47 Å². The van der Waals surface area contributed by atoms with Crippen LogP contribution < -0.4 is 14.9 Å². The third-order valence-corrected chi connectivity index (χ3v) is 3.45. The molecule has 2 aromatic carbocycles. The fraction of sp³-hybridized carbons (Fsp3) is 0.278. The molecule has 0 radical (unpaired) electrons. The molecule has 0 unspecified atom stereocenters. The largest absolute Gasteiger partial charge is 0.493 e. The Morgan fingerprint density at radius 3 is 2.32 bits per heavy atom. The maximum atomic E-state index is 5.30. The van der Waals surface area contributed by atoms with E-state index in [2.05, 4.69) is 41.7 Å². The Labute approximate surface area is 131 Å². The molecule has 0 fully saturated rings. The van der Waals surface area contributed by atoms with Gasteiger partial charge in [-0.25, -0.2) is 0 Å². The van der Waals surface area contributed by atoms with Crippen molar-refractivity contribution in [1.82, 2.24) is 5.43 Å². The van der Waals surface area contributed by atoms with Gasteiger partial charge < -0.3 is 14.9 Å². The molecular formula is C18H22N2O2. The summed E-state index contributed by atoms with van der Waals surface area (Å²) in [4.78, 5) is 0. The number of hydrazone groups is 1. The van der Waals surface area contributed by atoms with Crippen LogP contribution in [0.2, 0.25) is 0 Å². The van der Waals surface area contributed by atoms with Crippen LogP contribution in [0.15, 0.2) is 47.6 Å². The number of nitrogens with one attached hydrogen (secondary N) is 1. The zero-order chi connectivity index (χ0) is 15.9. The molecule has 0 aliphatic rings. The highest BCUT2D eigenvalue weighted by molar-refractivity contribution is 5.98. The molecule has 116 valence electrons. The Morgan fingerprint density at radius 1 is 1.00 bits per heavy atom. The zero-order valence-corrected chi connectivity index (χ0v) is 13.5. The van der Waals surface area contributed by atoms with Crippen LogP contribution in [0.3, 0.4) is 0 Å². The van der Waals surface area contributed by atoms with Gasteiger partial charge >= 0.3 is 0 Å². The smallest absolute Gasteiger partial charge is 0.161 e. The first-order valence-corrected chi connectivity index (χ1v) is 7.19. The van der Waals surface area contributed by atoms with Gasteiger partial charge in [0, 0.05) is 0 Å². The molecule has 0 bridgehead atoms. The molecule has 2 rings (SSSR count). The first kappa shape index (κ1) is 15.9. The molecule has 1 N–H and O–H groups in total. The van der Waals surface area contributed by atoms with Crippen molar-refractivity contribution in [3.63, 3.8) is 0 Å². The standard InChI is InChI=1S/C18H22N2O2/c1-13-5-8-16(9-6-13)14(2)20-19-12-15-7-10-17(21-3)18(11-15)22-4/h5-11,19H,12H2,1-4H3/b20-14+. The molecule has 0 aliphatic carbocycles. The molecule has 2 aromatic rings. The van der Waals surface area contributed by atoms with Gasteiger partial charge in [-0.3, -0.25) is 0 Å². The molecule has 0 aromatic heterocycles. The number of methoxy groups -OCH3 is 2. The lowest BCUT2D eigenvalue weighted by Crippen LogP contribution is -2.09. The number of benzene rings is 2. The number of hydrogen-bond donors (Lipinski definition) is 1. The van der Waals surface area contributed by atoms with Crippen LogP contribution in [-0.2, 0) is 6.54 Å². The van der Waals surface area contributed by atoms with E-state index in [0.29, 0.717) is 6.54 Å². The van der Waals surface area contributed by atoms with Crippen molar-refractivity contribution in [2.45, 2.75) is 20.4 Å². The average Bonchev–Trinajstić information content (AvgIpc) is 2.55. The van der Waals surface area contributed by atoms with Crippen molar-refractivity contribution in [3.05, 3.63) is 59.2 Å². The Morgan fingerprint density at radius 2 is 1.68 bits per heavy atom. The van der Waals surface area contributed by atoms with Crippen LogP contribution in [0, 0.1) is 6.92 Å². The van der Waals surface area contributed by atoms with Gasteiger partial charge in [0.2, 0.25) is 0 Å². The van der Waals surface area contributed by atoms with Crippen molar-refractivity contribution in [2.75, 3.05) is 14.2 Å². The van der Waals surface area contributed by atoms with Gasteiger partial charge in [-0.2, -0.15) is 5.10 Å². The van der Waals surface area contributed by atoms with Crippen LogP contribution in [0.4, 0.5) is 0 Å². The summed E-state index contributed by atoms with van der Waals surface area (Å²) in [6.07, 6.45) is 0. The normalized spacial score (nSPS) is 11.2. The van der Waals surface area contributed by atoms with Crippen molar-refractivity contribution >= 4 is 5.71 Å². The third-order valence-electron chi connectivity index (χ3n) is 3.45. The summed E-state index contributed by atoms with van der Waals surface area (Å²) in [5.74, 6) is 1.45. The minimum atomic E-state index is 0.629. The minimum Gasteiger partial charge on any atom is -0.493 e. The fourth-order valence-electron chi connectivity index (χ4n) is 2.10. The molecule has 0 spiro atoms. The lowest BCUT2D eigenvalue weighted by Gasteiger charge is -2.09. The number of rotatable bonds is 6. The van der Waals surface area contributed by atoms with E-state index in [0.717, 1.165) is 28.3 Å². The topological polar surface area (TPSA) is 42.8 Å². The average molecular weight is 298 g/mol. The van der Waals surface area contributed by atoms with E-state index in [-0.39, 0.29) is 0 Å². The van der Waals surface area contributed by atoms with Crippen LogP contribution in [-0.4, -0.2) is 19.9 Å². The zero-order valence-electron chi connectivity index (χ0n) is 13.5. The summed E-state index contributed by atoms with van der Waals surface area (Å²) >= 11 is 0. The summed E-state index contributed by atoms with van der Waals surface area (Å²) in [5.41, 5.74) is 7.50. The Balaban J connectivity index is 2.00. The summed E-state index contributed by atoms with van der Waals surface area (Å²) in [5, 5.41) is 4.41. The number of aryl methyl sites for hydroxylation is 1. The highest BCUT2D eigenvalue weighted by atomic mass is 16.5. The van der Waals surface area contributed by atoms with Gasteiger partial charge in [0.05, 0.1) is 26.5 Å². The molecule has 0 atom stereocenters.